The van der Waals surface area contributed by atoms with Gasteiger partial charge in [-0.3, -0.25) is 4.79 Å². The minimum atomic E-state index is -0.226. The van der Waals surface area contributed by atoms with Crippen LogP contribution in [0.2, 0.25) is 0 Å². The van der Waals surface area contributed by atoms with Crippen molar-refractivity contribution in [2.24, 2.45) is 0 Å². The quantitative estimate of drug-likeness (QED) is 0.811. The number of nitrogens with zero attached hydrogens (tertiary/aromatic N) is 2. The van der Waals surface area contributed by atoms with Gasteiger partial charge in [-0.15, -0.1) is 0 Å². The molecular weight excluding hydrogens is 338 g/mol. The average Bonchev–Trinajstić information content (AvgIpc) is 3.17. The number of benzene rings is 1. The number of carbonyl (C=O) groups is 1. The van der Waals surface area contributed by atoms with Crippen molar-refractivity contribution in [3.8, 4) is 5.75 Å². The first-order valence-electron chi connectivity index (χ1n) is 9.40. The van der Waals surface area contributed by atoms with Crippen LogP contribution in [0.1, 0.15) is 58.4 Å². The molecule has 0 aliphatic carbocycles. The Hall–Kier alpha value is -2.56. The fourth-order valence-electron chi connectivity index (χ4n) is 3.00. The molecule has 0 saturated carbocycles. The van der Waals surface area contributed by atoms with Gasteiger partial charge in [0.25, 0.3) is 0 Å². The Morgan fingerprint density at radius 3 is 2.59 bits per heavy atom. The van der Waals surface area contributed by atoms with Crippen molar-refractivity contribution in [2.45, 2.75) is 58.9 Å². The van der Waals surface area contributed by atoms with E-state index in [1.54, 1.807) is 6.08 Å². The highest BCUT2D eigenvalue weighted by Gasteiger charge is 2.25. The zero-order valence-electron chi connectivity index (χ0n) is 17.1. The summed E-state index contributed by atoms with van der Waals surface area (Å²) in [6.07, 6.45) is 4.31. The fraction of sp³-hybridized carbons (Fsp3) is 0.455. The molecule has 1 aliphatic rings. The first-order valence-corrected chi connectivity index (χ1v) is 9.40. The summed E-state index contributed by atoms with van der Waals surface area (Å²) in [5.41, 5.74) is 2.83. The molecule has 144 valence electrons. The van der Waals surface area contributed by atoms with Gasteiger partial charge in [-0.25, -0.2) is 4.68 Å². The lowest BCUT2D eigenvalue weighted by molar-refractivity contribution is -0.111. The largest absolute Gasteiger partial charge is 0.493 e. The number of ether oxygens (including phenoxy) is 1. The number of anilines is 1. The molecule has 3 rings (SSSR count). The van der Waals surface area contributed by atoms with E-state index in [9.17, 15) is 4.79 Å². The first-order chi connectivity index (χ1) is 12.5. The second kappa shape index (κ2) is 6.87. The van der Waals surface area contributed by atoms with Gasteiger partial charge in [-0.1, -0.05) is 26.8 Å². The number of rotatable bonds is 3. The van der Waals surface area contributed by atoms with E-state index >= 15 is 0 Å². The normalized spacial score (nSPS) is 14.3. The van der Waals surface area contributed by atoms with Crippen LogP contribution in [0.3, 0.4) is 0 Å². The standard InChI is InChI=1S/C22H29N3O2/c1-21(2,3)18-14-19(25(24-18)22(4,5)6)23-20(26)10-8-15-7-9-17-16(13-15)11-12-27-17/h7-10,13-14H,11-12H2,1-6H3,(H,23,26)/b10-8+. The van der Waals surface area contributed by atoms with E-state index in [1.165, 1.54) is 5.56 Å². The molecule has 2 heterocycles. The van der Waals surface area contributed by atoms with Gasteiger partial charge in [0.1, 0.15) is 11.6 Å². The van der Waals surface area contributed by atoms with Crippen molar-refractivity contribution >= 4 is 17.8 Å². The van der Waals surface area contributed by atoms with Crippen molar-refractivity contribution < 1.29 is 9.53 Å². The summed E-state index contributed by atoms with van der Waals surface area (Å²) >= 11 is 0. The van der Waals surface area contributed by atoms with Crippen LogP contribution in [0, 0.1) is 0 Å². The lowest BCUT2D eigenvalue weighted by Gasteiger charge is -2.22. The number of amides is 1. The Morgan fingerprint density at radius 2 is 1.93 bits per heavy atom. The van der Waals surface area contributed by atoms with Crippen LogP contribution in [0.25, 0.3) is 6.08 Å². The van der Waals surface area contributed by atoms with Crippen LogP contribution in [-0.2, 0) is 22.2 Å². The van der Waals surface area contributed by atoms with E-state index < -0.39 is 0 Å². The Morgan fingerprint density at radius 1 is 1.19 bits per heavy atom. The van der Waals surface area contributed by atoms with Crippen molar-refractivity contribution in [3.63, 3.8) is 0 Å². The summed E-state index contributed by atoms with van der Waals surface area (Å²) < 4.78 is 7.40. The van der Waals surface area contributed by atoms with Gasteiger partial charge >= 0.3 is 0 Å². The van der Waals surface area contributed by atoms with Crippen LogP contribution in [0.15, 0.2) is 30.3 Å². The minimum absolute atomic E-state index is 0.0850. The summed E-state index contributed by atoms with van der Waals surface area (Å²) in [4.78, 5) is 12.5. The third-order valence-electron chi connectivity index (χ3n) is 4.51. The van der Waals surface area contributed by atoms with Gasteiger partial charge in [-0.2, -0.15) is 5.10 Å². The molecule has 0 bridgehead atoms. The molecule has 0 saturated heterocycles. The van der Waals surface area contributed by atoms with Gasteiger partial charge in [0, 0.05) is 24.0 Å². The van der Waals surface area contributed by atoms with E-state index in [0.717, 1.165) is 30.0 Å². The number of aromatic nitrogens is 2. The maximum Gasteiger partial charge on any atom is 0.249 e. The lowest BCUT2D eigenvalue weighted by Crippen LogP contribution is -2.27. The van der Waals surface area contributed by atoms with Crippen LogP contribution in [0.5, 0.6) is 5.75 Å². The molecule has 0 atom stereocenters. The maximum absolute atomic E-state index is 12.5. The minimum Gasteiger partial charge on any atom is -0.493 e. The number of fused-ring (bicyclic) bond motifs is 1. The number of carbonyl (C=O) groups excluding carboxylic acids is 1. The van der Waals surface area contributed by atoms with E-state index in [1.807, 2.05) is 29.0 Å². The number of hydrogen-bond acceptors (Lipinski definition) is 3. The van der Waals surface area contributed by atoms with Gasteiger partial charge in [0.2, 0.25) is 5.91 Å². The van der Waals surface area contributed by atoms with Crippen molar-refractivity contribution in [1.29, 1.82) is 0 Å². The molecule has 1 aromatic carbocycles. The van der Waals surface area contributed by atoms with E-state index in [2.05, 4.69) is 52.9 Å². The van der Waals surface area contributed by atoms with Gasteiger partial charge in [0.15, 0.2) is 0 Å². The summed E-state index contributed by atoms with van der Waals surface area (Å²) in [6, 6.07) is 7.96. The summed E-state index contributed by atoms with van der Waals surface area (Å²) in [5.74, 6) is 1.49. The SMILES string of the molecule is CC(C)(C)c1cc(NC(=O)/C=C/c2ccc3c(c2)CCO3)n(C(C)(C)C)n1. The molecular formula is C22H29N3O2. The zero-order valence-corrected chi connectivity index (χ0v) is 17.1. The van der Waals surface area contributed by atoms with E-state index in [0.29, 0.717) is 5.82 Å². The highest BCUT2D eigenvalue weighted by atomic mass is 16.5. The van der Waals surface area contributed by atoms with E-state index in [4.69, 9.17) is 9.84 Å². The summed E-state index contributed by atoms with van der Waals surface area (Å²) in [7, 11) is 0. The molecule has 1 amide bonds. The molecule has 1 N–H and O–H groups in total. The number of nitrogens with one attached hydrogen (secondary N) is 1. The molecule has 1 aromatic heterocycles. The van der Waals surface area contributed by atoms with Gasteiger partial charge < -0.3 is 10.1 Å². The predicted octanol–water partition coefficient (Wildman–Crippen LogP) is 4.52. The van der Waals surface area contributed by atoms with Gasteiger partial charge in [0.05, 0.1) is 17.8 Å². The van der Waals surface area contributed by atoms with Crippen molar-refractivity contribution in [3.05, 3.63) is 47.2 Å². The lowest BCUT2D eigenvalue weighted by atomic mass is 9.92. The average molecular weight is 367 g/mol. The third-order valence-corrected chi connectivity index (χ3v) is 4.51. The molecule has 0 unspecified atom stereocenters. The molecule has 0 fully saturated rings. The Kier molecular flexibility index (Phi) is 4.89. The molecule has 5 heteroatoms. The Balaban J connectivity index is 1.78. The molecule has 5 nitrogen and oxygen atoms in total. The molecule has 1 aliphatic heterocycles. The predicted molar refractivity (Wildman–Crippen MR) is 109 cm³/mol. The third kappa shape index (κ3) is 4.41. The monoisotopic (exact) mass is 367 g/mol. The summed E-state index contributed by atoms with van der Waals surface area (Å²) in [6.45, 7) is 13.3. The van der Waals surface area contributed by atoms with Crippen molar-refractivity contribution in [1.82, 2.24) is 9.78 Å². The van der Waals surface area contributed by atoms with E-state index in [-0.39, 0.29) is 16.9 Å². The van der Waals surface area contributed by atoms with Crippen molar-refractivity contribution in [2.75, 3.05) is 11.9 Å². The zero-order chi connectivity index (χ0) is 19.8. The molecule has 0 spiro atoms. The highest BCUT2D eigenvalue weighted by Crippen LogP contribution is 2.28. The summed E-state index contributed by atoms with van der Waals surface area (Å²) in [5, 5.41) is 7.71. The second-order valence-corrected chi connectivity index (χ2v) is 9.04. The van der Waals surface area contributed by atoms with Crippen LogP contribution >= 0.6 is 0 Å². The smallest absolute Gasteiger partial charge is 0.249 e. The van der Waals surface area contributed by atoms with Crippen LogP contribution in [-0.4, -0.2) is 22.3 Å². The van der Waals surface area contributed by atoms with Gasteiger partial charge in [-0.05, 0) is 50.1 Å². The highest BCUT2D eigenvalue weighted by molar-refractivity contribution is 6.01. The topological polar surface area (TPSA) is 56.1 Å². The molecule has 27 heavy (non-hydrogen) atoms. The Labute approximate surface area is 161 Å². The first kappa shape index (κ1) is 19.2. The second-order valence-electron chi connectivity index (χ2n) is 9.04. The number of hydrogen-bond donors (Lipinski definition) is 1. The van der Waals surface area contributed by atoms with Crippen LogP contribution < -0.4 is 10.1 Å². The fourth-order valence-corrected chi connectivity index (χ4v) is 3.00. The maximum atomic E-state index is 12.5. The molecule has 0 radical (unpaired) electrons. The Bertz CT molecular complexity index is 880. The molecule has 2 aromatic rings. The van der Waals surface area contributed by atoms with Crippen LogP contribution in [0.4, 0.5) is 5.82 Å².